The van der Waals surface area contributed by atoms with Crippen molar-refractivity contribution in [3.05, 3.63) is 0 Å². The Kier molecular flexibility index (Phi) is 5.80. The molecule has 3 aliphatic heterocycles. The second kappa shape index (κ2) is 7.85. The molecule has 5 heteroatoms. The Hall–Kier alpha value is -1.10. The molecule has 3 fully saturated rings. The van der Waals surface area contributed by atoms with Gasteiger partial charge in [-0.25, -0.2) is 0 Å². The number of unbranched alkanes of at least 4 members (excludes halogenated alkanes) is 1. The molecule has 0 unspecified atom stereocenters. The summed E-state index contributed by atoms with van der Waals surface area (Å²) in [5.41, 5.74) is 0. The first kappa shape index (κ1) is 17.7. The van der Waals surface area contributed by atoms with E-state index < -0.39 is 5.97 Å². The van der Waals surface area contributed by atoms with Gasteiger partial charge in [0.2, 0.25) is 5.91 Å². The standard InChI is InChI=1S/C19H32N2O3/c1-3-4-9-16-15-8-6-11-20-10-5-7-14(19(15)20)13-21(16)17(22)12-18(23)24-2/h14-16,19H,3-13H2,1-2H3/t14-,15+,16+,19-/m0/s1. The Bertz CT molecular complexity index is 466. The van der Waals surface area contributed by atoms with Crippen LogP contribution in [-0.4, -0.2) is 60.5 Å². The molecule has 0 saturated carbocycles. The van der Waals surface area contributed by atoms with Crippen LogP contribution in [0.25, 0.3) is 0 Å². The van der Waals surface area contributed by atoms with Crippen LogP contribution in [0.2, 0.25) is 0 Å². The minimum Gasteiger partial charge on any atom is -0.469 e. The van der Waals surface area contributed by atoms with Crippen molar-refractivity contribution in [3.63, 3.8) is 0 Å². The number of carbonyl (C=O) groups excluding carboxylic acids is 2. The van der Waals surface area contributed by atoms with E-state index in [1.807, 2.05) is 0 Å². The van der Waals surface area contributed by atoms with Crippen molar-refractivity contribution in [1.29, 1.82) is 0 Å². The normalized spacial score (nSPS) is 33.0. The fraction of sp³-hybridized carbons (Fsp3) is 0.895. The van der Waals surface area contributed by atoms with Crippen LogP contribution in [0.15, 0.2) is 0 Å². The zero-order valence-corrected chi connectivity index (χ0v) is 15.2. The van der Waals surface area contributed by atoms with Crippen LogP contribution >= 0.6 is 0 Å². The van der Waals surface area contributed by atoms with E-state index in [1.165, 1.54) is 45.9 Å². The molecular formula is C19H32N2O3. The van der Waals surface area contributed by atoms with E-state index in [4.69, 9.17) is 4.74 Å². The molecule has 0 bridgehead atoms. The Morgan fingerprint density at radius 3 is 2.62 bits per heavy atom. The summed E-state index contributed by atoms with van der Waals surface area (Å²) < 4.78 is 4.72. The molecule has 24 heavy (non-hydrogen) atoms. The predicted octanol–water partition coefficient (Wildman–Crippen LogP) is 2.44. The number of rotatable bonds is 5. The quantitative estimate of drug-likeness (QED) is 0.571. The molecule has 0 N–H and O–H groups in total. The zero-order chi connectivity index (χ0) is 17.1. The van der Waals surface area contributed by atoms with Gasteiger partial charge in [0.25, 0.3) is 0 Å². The average Bonchev–Trinajstić information content (AvgIpc) is 2.60. The SMILES string of the molecule is CCCC[C@@H]1[C@H]2CCCN3CCC[C@@H](CN1C(=O)CC(=O)OC)[C@@H]23. The molecular weight excluding hydrogens is 304 g/mol. The van der Waals surface area contributed by atoms with Crippen LogP contribution in [0.5, 0.6) is 0 Å². The number of nitrogens with zero attached hydrogens (tertiary/aromatic N) is 2. The summed E-state index contributed by atoms with van der Waals surface area (Å²) in [4.78, 5) is 29.2. The Balaban J connectivity index is 1.80. The van der Waals surface area contributed by atoms with Crippen molar-refractivity contribution in [2.45, 2.75) is 70.4 Å². The van der Waals surface area contributed by atoms with E-state index in [0.717, 1.165) is 25.8 Å². The summed E-state index contributed by atoms with van der Waals surface area (Å²) in [5.74, 6) is 0.740. The summed E-state index contributed by atoms with van der Waals surface area (Å²) in [5, 5.41) is 0. The van der Waals surface area contributed by atoms with Gasteiger partial charge in [0.1, 0.15) is 6.42 Å². The number of hydrogen-bond acceptors (Lipinski definition) is 4. The molecule has 0 aliphatic carbocycles. The third-order valence-electron chi connectivity index (χ3n) is 6.37. The molecule has 1 amide bonds. The van der Waals surface area contributed by atoms with Gasteiger partial charge < -0.3 is 9.64 Å². The highest BCUT2D eigenvalue weighted by Crippen LogP contribution is 2.43. The second-order valence-electron chi connectivity index (χ2n) is 7.74. The third-order valence-corrected chi connectivity index (χ3v) is 6.37. The molecule has 0 aromatic rings. The van der Waals surface area contributed by atoms with Crippen LogP contribution in [0.1, 0.15) is 58.3 Å². The predicted molar refractivity (Wildman–Crippen MR) is 92.5 cm³/mol. The highest BCUT2D eigenvalue weighted by Gasteiger charge is 2.49. The lowest BCUT2D eigenvalue weighted by Crippen LogP contribution is -2.65. The van der Waals surface area contributed by atoms with Crippen molar-refractivity contribution in [2.75, 3.05) is 26.7 Å². The van der Waals surface area contributed by atoms with Crippen molar-refractivity contribution in [2.24, 2.45) is 11.8 Å². The minimum atomic E-state index is -0.412. The van der Waals surface area contributed by atoms with Gasteiger partial charge in [0, 0.05) is 18.6 Å². The Morgan fingerprint density at radius 2 is 1.92 bits per heavy atom. The molecule has 0 aromatic heterocycles. The smallest absolute Gasteiger partial charge is 0.315 e. The maximum atomic E-state index is 12.8. The summed E-state index contributed by atoms with van der Waals surface area (Å²) in [7, 11) is 1.36. The fourth-order valence-corrected chi connectivity index (χ4v) is 5.36. The van der Waals surface area contributed by atoms with E-state index in [0.29, 0.717) is 23.9 Å². The van der Waals surface area contributed by atoms with Crippen LogP contribution < -0.4 is 0 Å². The fourth-order valence-electron chi connectivity index (χ4n) is 5.36. The van der Waals surface area contributed by atoms with E-state index in [9.17, 15) is 9.59 Å². The summed E-state index contributed by atoms with van der Waals surface area (Å²) in [6, 6.07) is 0.973. The Morgan fingerprint density at radius 1 is 1.17 bits per heavy atom. The highest BCUT2D eigenvalue weighted by atomic mass is 16.5. The van der Waals surface area contributed by atoms with E-state index in [-0.39, 0.29) is 12.3 Å². The maximum absolute atomic E-state index is 12.8. The number of esters is 1. The number of likely N-dealkylation sites (tertiary alicyclic amines) is 1. The van der Waals surface area contributed by atoms with Gasteiger partial charge in [-0.05, 0) is 57.0 Å². The third kappa shape index (κ3) is 3.46. The first-order chi connectivity index (χ1) is 11.7. The van der Waals surface area contributed by atoms with E-state index in [2.05, 4.69) is 16.7 Å². The molecule has 3 saturated heterocycles. The molecule has 136 valence electrons. The zero-order valence-electron chi connectivity index (χ0n) is 15.2. The topological polar surface area (TPSA) is 49.9 Å². The van der Waals surface area contributed by atoms with Crippen molar-refractivity contribution < 1.29 is 14.3 Å². The van der Waals surface area contributed by atoms with Crippen molar-refractivity contribution in [3.8, 4) is 0 Å². The van der Waals surface area contributed by atoms with Gasteiger partial charge in [0.05, 0.1) is 7.11 Å². The minimum absolute atomic E-state index is 0.0240. The van der Waals surface area contributed by atoms with Gasteiger partial charge in [-0.3, -0.25) is 14.5 Å². The molecule has 5 nitrogen and oxygen atoms in total. The number of piperidine rings is 3. The van der Waals surface area contributed by atoms with Crippen molar-refractivity contribution >= 4 is 11.9 Å². The van der Waals surface area contributed by atoms with Crippen LogP contribution in [-0.2, 0) is 14.3 Å². The lowest BCUT2D eigenvalue weighted by atomic mass is 9.69. The van der Waals surface area contributed by atoms with Crippen LogP contribution in [0.4, 0.5) is 0 Å². The maximum Gasteiger partial charge on any atom is 0.315 e. The van der Waals surface area contributed by atoms with Gasteiger partial charge in [-0.15, -0.1) is 0 Å². The number of hydrogen-bond donors (Lipinski definition) is 0. The molecule has 0 aromatic carbocycles. The van der Waals surface area contributed by atoms with Gasteiger partial charge in [0.15, 0.2) is 0 Å². The monoisotopic (exact) mass is 336 g/mol. The van der Waals surface area contributed by atoms with Gasteiger partial charge in [-0.1, -0.05) is 19.8 Å². The molecule has 0 radical (unpaired) electrons. The van der Waals surface area contributed by atoms with E-state index >= 15 is 0 Å². The first-order valence-electron chi connectivity index (χ1n) is 9.76. The number of ether oxygens (including phenoxy) is 1. The van der Waals surface area contributed by atoms with E-state index in [1.54, 1.807) is 0 Å². The number of amides is 1. The molecule has 3 aliphatic rings. The molecule has 4 atom stereocenters. The van der Waals surface area contributed by atoms with Gasteiger partial charge >= 0.3 is 5.97 Å². The highest BCUT2D eigenvalue weighted by molar-refractivity contribution is 5.94. The van der Waals surface area contributed by atoms with Crippen LogP contribution in [0, 0.1) is 11.8 Å². The van der Waals surface area contributed by atoms with Crippen LogP contribution in [0.3, 0.4) is 0 Å². The molecule has 3 heterocycles. The Labute approximate surface area is 145 Å². The summed E-state index contributed by atoms with van der Waals surface area (Å²) in [6.45, 7) is 5.50. The lowest BCUT2D eigenvalue weighted by molar-refractivity contribution is -0.154. The van der Waals surface area contributed by atoms with Gasteiger partial charge in [-0.2, -0.15) is 0 Å². The lowest BCUT2D eigenvalue weighted by Gasteiger charge is -2.57. The number of methoxy groups -OCH3 is 1. The molecule has 0 spiro atoms. The molecule has 3 rings (SSSR count). The summed E-state index contributed by atoms with van der Waals surface area (Å²) >= 11 is 0. The first-order valence-corrected chi connectivity index (χ1v) is 9.76. The second-order valence-corrected chi connectivity index (χ2v) is 7.74. The number of carbonyl (C=O) groups is 2. The summed E-state index contributed by atoms with van der Waals surface area (Å²) in [6.07, 6.45) is 8.22. The largest absolute Gasteiger partial charge is 0.469 e. The van der Waals surface area contributed by atoms with Crippen molar-refractivity contribution in [1.82, 2.24) is 9.80 Å². The average molecular weight is 336 g/mol.